The first-order valence-electron chi connectivity index (χ1n) is 7.71. The second kappa shape index (κ2) is 7.17. The highest BCUT2D eigenvalue weighted by Gasteiger charge is 2.20. The third-order valence-corrected chi connectivity index (χ3v) is 4.41. The minimum absolute atomic E-state index is 0.109. The van der Waals surface area contributed by atoms with Gasteiger partial charge in [0.15, 0.2) is 5.76 Å². The zero-order valence-electron chi connectivity index (χ0n) is 13.0. The lowest BCUT2D eigenvalue weighted by atomic mass is 10.1. The summed E-state index contributed by atoms with van der Waals surface area (Å²) in [5, 5.41) is 0.607. The third-order valence-electron chi connectivity index (χ3n) is 4.08. The van der Waals surface area contributed by atoms with Crippen molar-refractivity contribution >= 4 is 17.5 Å². The molecule has 0 atom stereocenters. The highest BCUT2D eigenvalue weighted by Crippen LogP contribution is 2.29. The maximum Gasteiger partial charge on any atom is 0.289 e. The molecule has 122 valence electrons. The summed E-state index contributed by atoms with van der Waals surface area (Å²) >= 11 is 6.17. The smallest absolute Gasteiger partial charge is 0.289 e. The van der Waals surface area contributed by atoms with E-state index >= 15 is 0 Å². The van der Waals surface area contributed by atoms with Gasteiger partial charge >= 0.3 is 0 Å². The van der Waals surface area contributed by atoms with Crippen molar-refractivity contribution in [3.63, 3.8) is 0 Å². The predicted molar refractivity (Wildman–Crippen MR) is 90.2 cm³/mol. The van der Waals surface area contributed by atoms with E-state index in [2.05, 4.69) is 10.9 Å². The molecule has 1 fully saturated rings. The van der Waals surface area contributed by atoms with Crippen LogP contribution in [-0.4, -0.2) is 37.5 Å². The number of nitrogens with zero attached hydrogens (tertiary/aromatic N) is 1. The summed E-state index contributed by atoms with van der Waals surface area (Å²) in [6.45, 7) is 2.59. The molecule has 2 N–H and O–H groups in total. The van der Waals surface area contributed by atoms with Crippen molar-refractivity contribution in [2.24, 2.45) is 5.92 Å². The summed E-state index contributed by atoms with van der Waals surface area (Å²) in [6, 6.07) is 10.9. The topological polar surface area (TPSA) is 57.5 Å². The van der Waals surface area contributed by atoms with E-state index in [0.29, 0.717) is 29.0 Å². The molecule has 2 heterocycles. The second-order valence-corrected chi connectivity index (χ2v) is 6.19. The zero-order chi connectivity index (χ0) is 16.2. The van der Waals surface area contributed by atoms with E-state index in [0.717, 1.165) is 25.1 Å². The Morgan fingerprint density at radius 1 is 1.26 bits per heavy atom. The Hall–Kier alpha value is -1.82. The summed E-state index contributed by atoms with van der Waals surface area (Å²) in [5.41, 5.74) is 6.99. The minimum atomic E-state index is -0.109. The monoisotopic (exact) mass is 333 g/mol. The van der Waals surface area contributed by atoms with Crippen LogP contribution in [0.5, 0.6) is 0 Å². The molecule has 3 rings (SSSR count). The molecule has 1 aliphatic heterocycles. The predicted octanol–water partition coefficient (Wildman–Crippen LogP) is 2.79. The summed E-state index contributed by atoms with van der Waals surface area (Å²) in [5.74, 6) is 1.39. The fraction of sp³-hybridized carbons (Fsp3) is 0.353. The second-order valence-electron chi connectivity index (χ2n) is 5.79. The number of hydrogen-bond donors (Lipinski definition) is 2. The lowest BCUT2D eigenvalue weighted by Crippen LogP contribution is -2.29. The molecule has 1 saturated heterocycles. The van der Waals surface area contributed by atoms with Gasteiger partial charge < -0.3 is 9.32 Å². The number of amides is 1. The van der Waals surface area contributed by atoms with Crippen LogP contribution in [0.3, 0.4) is 0 Å². The van der Waals surface area contributed by atoms with E-state index in [1.807, 2.05) is 18.2 Å². The Morgan fingerprint density at radius 3 is 2.74 bits per heavy atom. The quantitative estimate of drug-likeness (QED) is 0.883. The van der Waals surface area contributed by atoms with Crippen LogP contribution in [0.2, 0.25) is 5.02 Å². The average Bonchev–Trinajstić information content (AvgIpc) is 3.24. The molecule has 1 aliphatic rings. The van der Waals surface area contributed by atoms with Gasteiger partial charge in [-0.15, -0.1) is 0 Å². The van der Waals surface area contributed by atoms with Crippen molar-refractivity contribution in [3.8, 4) is 11.3 Å². The van der Waals surface area contributed by atoms with Crippen molar-refractivity contribution in [2.45, 2.75) is 6.42 Å². The van der Waals surface area contributed by atoms with Gasteiger partial charge in [0.2, 0.25) is 0 Å². The number of benzene rings is 1. The molecule has 23 heavy (non-hydrogen) atoms. The van der Waals surface area contributed by atoms with Crippen LogP contribution in [0, 0.1) is 5.92 Å². The first-order chi connectivity index (χ1) is 11.1. The molecule has 0 aliphatic carbocycles. The highest BCUT2D eigenvalue weighted by atomic mass is 35.5. The van der Waals surface area contributed by atoms with Crippen molar-refractivity contribution in [1.82, 2.24) is 15.8 Å². The Morgan fingerprint density at radius 2 is 2.00 bits per heavy atom. The van der Waals surface area contributed by atoms with Gasteiger partial charge in [0.25, 0.3) is 5.91 Å². The maximum absolute atomic E-state index is 12.4. The van der Waals surface area contributed by atoms with Crippen LogP contribution < -0.4 is 10.9 Å². The summed E-state index contributed by atoms with van der Waals surface area (Å²) in [6.07, 6.45) is 0.959. The van der Waals surface area contributed by atoms with Crippen LogP contribution in [0.25, 0.3) is 11.3 Å². The molecule has 6 heteroatoms. The van der Waals surface area contributed by atoms with E-state index < -0.39 is 0 Å². The SMILES string of the molecule is CN(CCC1CNNC1)C(=O)c1ccc(-c2ccccc2Cl)o1. The van der Waals surface area contributed by atoms with E-state index in [1.165, 1.54) is 0 Å². The molecule has 5 nitrogen and oxygen atoms in total. The first-order valence-corrected chi connectivity index (χ1v) is 8.09. The Bertz CT molecular complexity index is 680. The zero-order valence-corrected chi connectivity index (χ0v) is 13.8. The van der Waals surface area contributed by atoms with E-state index in [9.17, 15) is 4.79 Å². The maximum atomic E-state index is 12.4. The lowest BCUT2D eigenvalue weighted by Gasteiger charge is -2.17. The van der Waals surface area contributed by atoms with Gasteiger partial charge in [-0.2, -0.15) is 0 Å². The lowest BCUT2D eigenvalue weighted by molar-refractivity contribution is 0.0758. The summed E-state index contributed by atoms with van der Waals surface area (Å²) in [7, 11) is 1.80. The van der Waals surface area contributed by atoms with E-state index in [4.69, 9.17) is 16.0 Å². The van der Waals surface area contributed by atoms with Crippen molar-refractivity contribution in [3.05, 3.63) is 47.2 Å². The fourth-order valence-corrected chi connectivity index (χ4v) is 2.86. The van der Waals surface area contributed by atoms with Crippen molar-refractivity contribution in [2.75, 3.05) is 26.7 Å². The number of halogens is 1. The number of carbonyl (C=O) groups excluding carboxylic acids is 1. The molecule has 0 bridgehead atoms. The Kier molecular flexibility index (Phi) is 5.00. The molecular formula is C17H20ClN3O2. The average molecular weight is 334 g/mol. The van der Waals surface area contributed by atoms with Crippen molar-refractivity contribution in [1.29, 1.82) is 0 Å². The standard InChI is InChI=1S/C17H20ClN3O2/c1-21(9-8-12-10-19-20-11-12)17(22)16-7-6-15(23-16)13-4-2-3-5-14(13)18/h2-7,12,19-20H,8-11H2,1H3. The molecule has 1 aromatic carbocycles. The van der Waals surface area contributed by atoms with E-state index in [-0.39, 0.29) is 5.91 Å². The highest BCUT2D eigenvalue weighted by molar-refractivity contribution is 6.33. The van der Waals surface area contributed by atoms with Crippen LogP contribution in [0.4, 0.5) is 0 Å². The van der Waals surface area contributed by atoms with Gasteiger partial charge in [0.05, 0.1) is 5.02 Å². The summed E-state index contributed by atoms with van der Waals surface area (Å²) in [4.78, 5) is 14.1. The molecular weight excluding hydrogens is 314 g/mol. The Labute approximate surface area is 140 Å². The third kappa shape index (κ3) is 3.75. The van der Waals surface area contributed by atoms with Gasteiger partial charge in [-0.3, -0.25) is 15.6 Å². The van der Waals surface area contributed by atoms with Gasteiger partial charge in [0.1, 0.15) is 5.76 Å². The number of rotatable bonds is 5. The normalized spacial score (nSPS) is 15.0. The van der Waals surface area contributed by atoms with Gasteiger partial charge in [-0.25, -0.2) is 0 Å². The van der Waals surface area contributed by atoms with Gasteiger partial charge in [-0.1, -0.05) is 23.7 Å². The fourth-order valence-electron chi connectivity index (χ4n) is 2.63. The van der Waals surface area contributed by atoms with Crippen LogP contribution in [0.1, 0.15) is 17.0 Å². The van der Waals surface area contributed by atoms with Gasteiger partial charge in [0, 0.05) is 32.2 Å². The van der Waals surface area contributed by atoms with Crippen LogP contribution in [-0.2, 0) is 0 Å². The Balaban J connectivity index is 1.64. The van der Waals surface area contributed by atoms with Crippen molar-refractivity contribution < 1.29 is 9.21 Å². The molecule has 1 amide bonds. The summed E-state index contributed by atoms with van der Waals surface area (Å²) < 4.78 is 5.70. The first kappa shape index (κ1) is 16.1. The number of hydrogen-bond acceptors (Lipinski definition) is 4. The number of nitrogens with one attached hydrogen (secondary N) is 2. The largest absolute Gasteiger partial charge is 0.451 e. The number of hydrazine groups is 1. The number of furan rings is 1. The minimum Gasteiger partial charge on any atom is -0.451 e. The van der Waals surface area contributed by atoms with E-state index in [1.54, 1.807) is 30.1 Å². The molecule has 1 aromatic heterocycles. The number of carbonyl (C=O) groups is 1. The van der Waals surface area contributed by atoms with Gasteiger partial charge in [-0.05, 0) is 36.6 Å². The molecule has 0 spiro atoms. The molecule has 2 aromatic rings. The van der Waals surface area contributed by atoms with Crippen LogP contribution >= 0.6 is 11.6 Å². The van der Waals surface area contributed by atoms with Crippen LogP contribution in [0.15, 0.2) is 40.8 Å². The molecule has 0 saturated carbocycles. The molecule has 0 radical (unpaired) electrons. The molecule has 0 unspecified atom stereocenters.